The zero-order chi connectivity index (χ0) is 17.5. The molecule has 3 rings (SSSR count). The Morgan fingerprint density at radius 2 is 1.88 bits per heavy atom. The van der Waals surface area contributed by atoms with Gasteiger partial charge in [0.25, 0.3) is 0 Å². The van der Waals surface area contributed by atoms with Crippen LogP contribution in [0.5, 0.6) is 0 Å². The average molecular weight is 349 g/mol. The molecular weight excluding hydrogens is 321 g/mol. The SMILES string of the molecule is O=C(CN1CCCN(Cc2ccc(F)cc2)CC1)NCC1CCCO1. The molecule has 2 aliphatic rings. The molecule has 0 bridgehead atoms. The van der Waals surface area contributed by atoms with Crippen LogP contribution in [-0.2, 0) is 16.1 Å². The minimum absolute atomic E-state index is 0.0856. The van der Waals surface area contributed by atoms with Gasteiger partial charge in [0.2, 0.25) is 5.91 Å². The molecule has 2 fully saturated rings. The number of carbonyl (C=O) groups is 1. The maximum absolute atomic E-state index is 13.0. The van der Waals surface area contributed by atoms with Crippen molar-refractivity contribution in [1.29, 1.82) is 0 Å². The Morgan fingerprint density at radius 1 is 1.12 bits per heavy atom. The van der Waals surface area contributed by atoms with E-state index in [9.17, 15) is 9.18 Å². The van der Waals surface area contributed by atoms with Crippen LogP contribution >= 0.6 is 0 Å². The summed E-state index contributed by atoms with van der Waals surface area (Å²) in [5.41, 5.74) is 1.13. The van der Waals surface area contributed by atoms with Crippen LogP contribution in [0, 0.1) is 5.82 Å². The second-order valence-electron chi connectivity index (χ2n) is 6.97. The van der Waals surface area contributed by atoms with Crippen molar-refractivity contribution in [3.8, 4) is 0 Å². The molecule has 2 saturated heterocycles. The number of rotatable bonds is 6. The van der Waals surface area contributed by atoms with Crippen molar-refractivity contribution in [2.24, 2.45) is 0 Å². The number of benzene rings is 1. The monoisotopic (exact) mass is 349 g/mol. The van der Waals surface area contributed by atoms with Crippen molar-refractivity contribution in [2.75, 3.05) is 45.9 Å². The highest BCUT2D eigenvalue weighted by molar-refractivity contribution is 5.78. The van der Waals surface area contributed by atoms with E-state index in [-0.39, 0.29) is 17.8 Å². The minimum atomic E-state index is -0.195. The molecule has 1 aromatic rings. The summed E-state index contributed by atoms with van der Waals surface area (Å²) in [7, 11) is 0. The normalized spacial score (nSPS) is 22.7. The zero-order valence-corrected chi connectivity index (χ0v) is 14.8. The van der Waals surface area contributed by atoms with E-state index in [4.69, 9.17) is 4.74 Å². The van der Waals surface area contributed by atoms with Crippen LogP contribution in [0.25, 0.3) is 0 Å². The van der Waals surface area contributed by atoms with Crippen LogP contribution in [0.4, 0.5) is 4.39 Å². The molecule has 1 N–H and O–H groups in total. The van der Waals surface area contributed by atoms with E-state index < -0.39 is 0 Å². The molecule has 6 heteroatoms. The Kier molecular flexibility index (Phi) is 6.78. The molecule has 1 aromatic carbocycles. The smallest absolute Gasteiger partial charge is 0.234 e. The number of hydrogen-bond acceptors (Lipinski definition) is 4. The molecule has 0 radical (unpaired) electrons. The van der Waals surface area contributed by atoms with Gasteiger partial charge >= 0.3 is 0 Å². The van der Waals surface area contributed by atoms with E-state index in [1.807, 2.05) is 12.1 Å². The summed E-state index contributed by atoms with van der Waals surface area (Å²) in [6.07, 6.45) is 3.37. The van der Waals surface area contributed by atoms with Crippen LogP contribution in [0.1, 0.15) is 24.8 Å². The van der Waals surface area contributed by atoms with Gasteiger partial charge in [-0.25, -0.2) is 4.39 Å². The van der Waals surface area contributed by atoms with Gasteiger partial charge in [-0.3, -0.25) is 14.6 Å². The molecule has 0 aromatic heterocycles. The predicted molar refractivity (Wildman–Crippen MR) is 94.7 cm³/mol. The summed E-state index contributed by atoms with van der Waals surface area (Å²) in [6, 6.07) is 6.71. The Labute approximate surface area is 149 Å². The van der Waals surface area contributed by atoms with E-state index in [1.165, 1.54) is 12.1 Å². The highest BCUT2D eigenvalue weighted by atomic mass is 19.1. The molecule has 2 heterocycles. The summed E-state index contributed by atoms with van der Waals surface area (Å²) >= 11 is 0. The van der Waals surface area contributed by atoms with Gasteiger partial charge in [0, 0.05) is 32.8 Å². The van der Waals surface area contributed by atoms with Gasteiger partial charge in [-0.15, -0.1) is 0 Å². The lowest BCUT2D eigenvalue weighted by atomic mass is 10.2. The molecule has 1 amide bonds. The third-order valence-electron chi connectivity index (χ3n) is 4.92. The Balaban J connectivity index is 1.38. The number of nitrogens with zero attached hydrogens (tertiary/aromatic N) is 2. The zero-order valence-electron chi connectivity index (χ0n) is 14.8. The molecule has 0 aliphatic carbocycles. The highest BCUT2D eigenvalue weighted by Crippen LogP contribution is 2.11. The van der Waals surface area contributed by atoms with Crippen LogP contribution in [0.3, 0.4) is 0 Å². The van der Waals surface area contributed by atoms with Gasteiger partial charge in [0.1, 0.15) is 5.82 Å². The van der Waals surface area contributed by atoms with E-state index in [2.05, 4.69) is 15.1 Å². The number of carbonyl (C=O) groups excluding carboxylic acids is 1. The Bertz CT molecular complexity index is 546. The Hall–Kier alpha value is -1.50. The fourth-order valence-electron chi connectivity index (χ4n) is 3.48. The number of amides is 1. The van der Waals surface area contributed by atoms with E-state index >= 15 is 0 Å². The lowest BCUT2D eigenvalue weighted by Gasteiger charge is -2.22. The first-order chi connectivity index (χ1) is 12.2. The van der Waals surface area contributed by atoms with E-state index in [1.54, 1.807) is 0 Å². The van der Waals surface area contributed by atoms with E-state index in [0.717, 1.165) is 64.2 Å². The second kappa shape index (κ2) is 9.27. The third-order valence-corrected chi connectivity index (χ3v) is 4.92. The van der Waals surface area contributed by atoms with Crippen molar-refractivity contribution in [3.63, 3.8) is 0 Å². The first-order valence-electron chi connectivity index (χ1n) is 9.26. The molecule has 0 spiro atoms. The van der Waals surface area contributed by atoms with Gasteiger partial charge in [-0.05, 0) is 50.0 Å². The first-order valence-corrected chi connectivity index (χ1v) is 9.26. The third kappa shape index (κ3) is 6.06. The quantitative estimate of drug-likeness (QED) is 0.848. The number of nitrogens with one attached hydrogen (secondary N) is 1. The molecule has 138 valence electrons. The second-order valence-corrected chi connectivity index (χ2v) is 6.97. The molecule has 1 unspecified atom stereocenters. The summed E-state index contributed by atoms with van der Waals surface area (Å²) < 4.78 is 18.5. The molecule has 2 aliphatic heterocycles. The minimum Gasteiger partial charge on any atom is -0.376 e. The van der Waals surface area contributed by atoms with E-state index in [0.29, 0.717) is 13.1 Å². The summed E-state index contributed by atoms with van der Waals surface area (Å²) in [4.78, 5) is 16.7. The van der Waals surface area contributed by atoms with Crippen molar-refractivity contribution in [1.82, 2.24) is 15.1 Å². The Morgan fingerprint density at radius 3 is 2.64 bits per heavy atom. The van der Waals surface area contributed by atoms with Crippen LogP contribution < -0.4 is 5.32 Å². The summed E-state index contributed by atoms with van der Waals surface area (Å²) in [6.45, 7) is 6.49. The van der Waals surface area contributed by atoms with Crippen LogP contribution in [0.15, 0.2) is 24.3 Å². The fourth-order valence-corrected chi connectivity index (χ4v) is 3.48. The average Bonchev–Trinajstić information content (AvgIpc) is 3.04. The van der Waals surface area contributed by atoms with Crippen molar-refractivity contribution >= 4 is 5.91 Å². The maximum Gasteiger partial charge on any atom is 0.234 e. The lowest BCUT2D eigenvalue weighted by Crippen LogP contribution is -2.41. The predicted octanol–water partition coefficient (Wildman–Crippen LogP) is 1.63. The summed E-state index contributed by atoms with van der Waals surface area (Å²) in [5, 5.41) is 2.99. The van der Waals surface area contributed by atoms with Gasteiger partial charge in [0.05, 0.1) is 12.6 Å². The fraction of sp³-hybridized carbons (Fsp3) is 0.632. The van der Waals surface area contributed by atoms with Crippen LogP contribution in [-0.4, -0.2) is 67.7 Å². The number of hydrogen-bond donors (Lipinski definition) is 1. The largest absolute Gasteiger partial charge is 0.376 e. The van der Waals surface area contributed by atoms with Crippen LogP contribution in [0.2, 0.25) is 0 Å². The van der Waals surface area contributed by atoms with Crippen molar-refractivity contribution in [2.45, 2.75) is 31.9 Å². The lowest BCUT2D eigenvalue weighted by molar-refractivity contribution is -0.122. The molecule has 25 heavy (non-hydrogen) atoms. The van der Waals surface area contributed by atoms with Gasteiger partial charge in [0.15, 0.2) is 0 Å². The highest BCUT2D eigenvalue weighted by Gasteiger charge is 2.19. The van der Waals surface area contributed by atoms with Gasteiger partial charge in [-0.2, -0.15) is 0 Å². The molecule has 0 saturated carbocycles. The summed E-state index contributed by atoms with van der Waals surface area (Å²) in [5.74, 6) is -0.109. The first kappa shape index (κ1) is 18.3. The molecule has 1 atom stereocenters. The molecule has 5 nitrogen and oxygen atoms in total. The van der Waals surface area contributed by atoms with Gasteiger partial charge < -0.3 is 10.1 Å². The van der Waals surface area contributed by atoms with Crippen molar-refractivity contribution in [3.05, 3.63) is 35.6 Å². The topological polar surface area (TPSA) is 44.8 Å². The standard InChI is InChI=1S/C19H28FN3O2/c20-17-6-4-16(5-7-17)14-22-8-2-9-23(11-10-22)15-19(24)21-13-18-3-1-12-25-18/h4-7,18H,1-3,8-15H2,(H,21,24). The molecular formula is C19H28FN3O2. The number of halogens is 1. The van der Waals surface area contributed by atoms with Crippen molar-refractivity contribution < 1.29 is 13.9 Å². The number of ether oxygens (including phenoxy) is 1. The maximum atomic E-state index is 13.0. The van der Waals surface area contributed by atoms with Gasteiger partial charge in [-0.1, -0.05) is 12.1 Å².